The Labute approximate surface area is 166 Å². The van der Waals surface area contributed by atoms with E-state index < -0.39 is 5.82 Å². The van der Waals surface area contributed by atoms with Crippen molar-refractivity contribution >= 4 is 24.0 Å². The Hall–Kier alpha value is -1.37. The molecule has 2 aliphatic rings. The molecule has 2 fully saturated rings. The normalized spacial score (nSPS) is 21.3. The second-order valence-electron chi connectivity index (χ2n) is 7.58. The van der Waals surface area contributed by atoms with Crippen molar-refractivity contribution in [1.82, 2.24) is 0 Å². The summed E-state index contributed by atoms with van der Waals surface area (Å²) in [4.78, 5) is 12.6. The van der Waals surface area contributed by atoms with Gasteiger partial charge in [-0.2, -0.15) is 0 Å². The lowest BCUT2D eigenvalue weighted by Crippen LogP contribution is -2.36. The number of nitrogens with two attached hydrogens (primary N) is 1. The summed E-state index contributed by atoms with van der Waals surface area (Å²) >= 11 is 0. The molecule has 0 radical (unpaired) electrons. The van der Waals surface area contributed by atoms with Crippen LogP contribution in [0.25, 0.3) is 0 Å². The van der Waals surface area contributed by atoms with Gasteiger partial charge in [0.2, 0.25) is 5.91 Å². The molecule has 1 amide bonds. The van der Waals surface area contributed by atoms with Gasteiger partial charge in [-0.3, -0.25) is 4.79 Å². The Morgan fingerprint density at radius 2 is 2.07 bits per heavy atom. The molecular formula is C20H30ClFN2O3. The van der Waals surface area contributed by atoms with Crippen molar-refractivity contribution in [2.75, 3.05) is 25.1 Å². The minimum atomic E-state index is -0.407. The summed E-state index contributed by atoms with van der Waals surface area (Å²) in [7, 11) is 0. The summed E-state index contributed by atoms with van der Waals surface area (Å²) in [5, 5.41) is 2.83. The summed E-state index contributed by atoms with van der Waals surface area (Å²) in [6.07, 6.45) is 7.79. The molecule has 0 spiro atoms. The van der Waals surface area contributed by atoms with Gasteiger partial charge in [0.25, 0.3) is 0 Å². The largest absolute Gasteiger partial charge is 0.489 e. The number of halogens is 2. The van der Waals surface area contributed by atoms with Crippen LogP contribution in [0.3, 0.4) is 0 Å². The smallest absolute Gasteiger partial charge is 0.225 e. The Balaban J connectivity index is 0.00000261. The summed E-state index contributed by atoms with van der Waals surface area (Å²) in [6, 6.07) is 4.20. The second kappa shape index (κ2) is 10.2. The first kappa shape index (κ1) is 21.9. The van der Waals surface area contributed by atoms with Crippen molar-refractivity contribution in [2.24, 2.45) is 11.1 Å². The SMILES string of the molecule is Cl.NCC1(CC(=O)Nc2cc(F)ccc2OCC2CCCO2)CCCCC1. The number of nitrogens with one attached hydrogen (secondary N) is 1. The van der Waals surface area contributed by atoms with Crippen molar-refractivity contribution < 1.29 is 18.7 Å². The third-order valence-corrected chi connectivity index (χ3v) is 5.55. The topological polar surface area (TPSA) is 73.6 Å². The van der Waals surface area contributed by atoms with Gasteiger partial charge in [-0.25, -0.2) is 4.39 Å². The van der Waals surface area contributed by atoms with Gasteiger partial charge in [0.15, 0.2) is 0 Å². The van der Waals surface area contributed by atoms with Crippen LogP contribution in [0, 0.1) is 11.2 Å². The summed E-state index contributed by atoms with van der Waals surface area (Å²) in [5.41, 5.74) is 6.21. The molecule has 1 saturated carbocycles. The first-order valence-corrected chi connectivity index (χ1v) is 9.64. The second-order valence-corrected chi connectivity index (χ2v) is 7.58. The molecule has 1 aliphatic carbocycles. The molecule has 3 N–H and O–H groups in total. The van der Waals surface area contributed by atoms with Gasteiger partial charge in [-0.05, 0) is 49.8 Å². The number of anilines is 1. The number of carbonyl (C=O) groups excluding carboxylic acids is 1. The first-order chi connectivity index (χ1) is 12.6. The molecule has 7 heteroatoms. The fourth-order valence-corrected chi connectivity index (χ4v) is 3.97. The van der Waals surface area contributed by atoms with Crippen molar-refractivity contribution in [1.29, 1.82) is 0 Å². The zero-order valence-corrected chi connectivity index (χ0v) is 16.5. The van der Waals surface area contributed by atoms with Crippen LogP contribution in [0.2, 0.25) is 0 Å². The highest BCUT2D eigenvalue weighted by Gasteiger charge is 2.33. The van der Waals surface area contributed by atoms with Gasteiger partial charge < -0.3 is 20.5 Å². The molecular weight excluding hydrogens is 371 g/mol. The standard InChI is InChI=1S/C20H29FN2O3.ClH/c21-15-6-7-18(26-13-16-5-4-10-25-16)17(11-15)23-19(24)12-20(14-22)8-2-1-3-9-20;/h6-7,11,16H,1-5,8-10,12-14,22H2,(H,23,24);1H. The molecule has 1 unspecified atom stereocenters. The van der Waals surface area contributed by atoms with E-state index in [4.69, 9.17) is 15.2 Å². The van der Waals surface area contributed by atoms with Gasteiger partial charge in [-0.15, -0.1) is 12.4 Å². The maximum absolute atomic E-state index is 13.7. The summed E-state index contributed by atoms with van der Waals surface area (Å²) in [6.45, 7) is 1.66. The van der Waals surface area contributed by atoms with Gasteiger partial charge in [0.1, 0.15) is 18.2 Å². The molecule has 1 aromatic rings. The highest BCUT2D eigenvalue weighted by atomic mass is 35.5. The van der Waals surface area contributed by atoms with Crippen molar-refractivity contribution in [3.63, 3.8) is 0 Å². The minimum absolute atomic E-state index is 0. The molecule has 3 rings (SSSR count). The van der Waals surface area contributed by atoms with Crippen LogP contribution in [0.5, 0.6) is 5.75 Å². The zero-order chi connectivity index (χ0) is 18.4. The fourth-order valence-electron chi connectivity index (χ4n) is 3.97. The number of ether oxygens (including phenoxy) is 2. The van der Waals surface area contributed by atoms with Gasteiger partial charge in [0.05, 0.1) is 11.8 Å². The molecule has 1 heterocycles. The van der Waals surface area contributed by atoms with E-state index in [1.54, 1.807) is 6.07 Å². The van der Waals surface area contributed by atoms with Gasteiger partial charge in [0, 0.05) is 19.1 Å². The molecule has 27 heavy (non-hydrogen) atoms. The zero-order valence-electron chi connectivity index (χ0n) is 15.7. The lowest BCUT2D eigenvalue weighted by atomic mass is 9.71. The van der Waals surface area contributed by atoms with E-state index in [0.29, 0.717) is 31.0 Å². The van der Waals surface area contributed by atoms with E-state index in [1.165, 1.54) is 18.6 Å². The maximum Gasteiger partial charge on any atom is 0.225 e. The minimum Gasteiger partial charge on any atom is -0.489 e. The maximum atomic E-state index is 13.7. The van der Waals surface area contributed by atoms with E-state index in [0.717, 1.165) is 45.1 Å². The predicted octanol–water partition coefficient (Wildman–Crippen LogP) is 4.04. The lowest BCUT2D eigenvalue weighted by Gasteiger charge is -2.35. The molecule has 1 saturated heterocycles. The Morgan fingerprint density at radius 1 is 1.30 bits per heavy atom. The number of amides is 1. The van der Waals surface area contributed by atoms with E-state index in [-0.39, 0.29) is 29.8 Å². The predicted molar refractivity (Wildman–Crippen MR) is 106 cm³/mol. The molecule has 5 nitrogen and oxygen atoms in total. The highest BCUT2D eigenvalue weighted by molar-refractivity contribution is 5.92. The lowest BCUT2D eigenvalue weighted by molar-refractivity contribution is -0.118. The molecule has 1 aromatic carbocycles. The van der Waals surface area contributed by atoms with Crippen molar-refractivity contribution in [3.8, 4) is 5.75 Å². The van der Waals surface area contributed by atoms with Crippen LogP contribution in [0.15, 0.2) is 18.2 Å². The van der Waals surface area contributed by atoms with Crippen LogP contribution in [0.1, 0.15) is 51.4 Å². The highest BCUT2D eigenvalue weighted by Crippen LogP contribution is 2.39. The monoisotopic (exact) mass is 400 g/mol. The van der Waals surface area contributed by atoms with Crippen molar-refractivity contribution in [3.05, 3.63) is 24.0 Å². The number of hydrogen-bond acceptors (Lipinski definition) is 4. The fraction of sp³-hybridized carbons (Fsp3) is 0.650. The van der Waals surface area contributed by atoms with E-state index in [1.807, 2.05) is 0 Å². The third-order valence-electron chi connectivity index (χ3n) is 5.55. The average Bonchev–Trinajstić information content (AvgIpc) is 3.15. The van der Waals surface area contributed by atoms with E-state index in [9.17, 15) is 9.18 Å². The Kier molecular flexibility index (Phi) is 8.32. The summed E-state index contributed by atoms with van der Waals surface area (Å²) < 4.78 is 25.0. The quantitative estimate of drug-likeness (QED) is 0.724. The first-order valence-electron chi connectivity index (χ1n) is 9.64. The van der Waals surface area contributed by atoms with Crippen LogP contribution in [-0.2, 0) is 9.53 Å². The molecule has 0 aromatic heterocycles. The number of hydrogen-bond donors (Lipinski definition) is 2. The number of carbonyl (C=O) groups is 1. The molecule has 1 aliphatic heterocycles. The number of rotatable bonds is 7. The average molecular weight is 401 g/mol. The summed E-state index contributed by atoms with van der Waals surface area (Å²) in [5.74, 6) is -0.0680. The Morgan fingerprint density at radius 3 is 2.74 bits per heavy atom. The van der Waals surface area contributed by atoms with E-state index in [2.05, 4.69) is 5.32 Å². The Bertz CT molecular complexity index is 617. The van der Waals surface area contributed by atoms with E-state index >= 15 is 0 Å². The van der Waals surface area contributed by atoms with Crippen molar-refractivity contribution in [2.45, 2.75) is 57.5 Å². The third kappa shape index (κ3) is 6.06. The molecule has 1 atom stereocenters. The van der Waals surface area contributed by atoms with Crippen LogP contribution >= 0.6 is 12.4 Å². The molecule has 152 valence electrons. The van der Waals surface area contributed by atoms with Crippen LogP contribution in [0.4, 0.5) is 10.1 Å². The number of benzene rings is 1. The van der Waals surface area contributed by atoms with Gasteiger partial charge >= 0.3 is 0 Å². The van der Waals surface area contributed by atoms with Gasteiger partial charge in [-0.1, -0.05) is 19.3 Å². The molecule has 0 bridgehead atoms. The van der Waals surface area contributed by atoms with Crippen LogP contribution < -0.4 is 15.8 Å². The van der Waals surface area contributed by atoms with Crippen LogP contribution in [-0.4, -0.2) is 31.8 Å².